The van der Waals surface area contributed by atoms with Crippen LogP contribution in [0, 0.1) is 12.3 Å². The number of hydrogen-bond acceptors (Lipinski definition) is 3. The maximum Gasteiger partial charge on any atom is 0.325 e. The van der Waals surface area contributed by atoms with Gasteiger partial charge in [-0.1, -0.05) is 12.8 Å². The molecule has 0 aliphatic rings. The van der Waals surface area contributed by atoms with Crippen molar-refractivity contribution in [2.45, 2.75) is 33.3 Å². The molecule has 0 N–H and O–H groups in total. The summed E-state index contributed by atoms with van der Waals surface area (Å²) in [5, 5.41) is 0. The van der Waals surface area contributed by atoms with Gasteiger partial charge in [-0.15, -0.1) is 6.42 Å². The van der Waals surface area contributed by atoms with Crippen molar-refractivity contribution in [3.05, 3.63) is 0 Å². The fourth-order valence-electron chi connectivity index (χ4n) is 0.890. The largest absolute Gasteiger partial charge is 0.461 e. The lowest BCUT2D eigenvalue weighted by Gasteiger charge is -2.18. The van der Waals surface area contributed by atoms with Crippen molar-refractivity contribution >= 4 is 11.9 Å². The molecular formula is C11H17NO3. The van der Waals surface area contributed by atoms with E-state index >= 15 is 0 Å². The van der Waals surface area contributed by atoms with Gasteiger partial charge < -0.3 is 9.64 Å². The SMILES string of the molecule is C#CCN(CC(=O)OC(C)CC)C(C)=O. The van der Waals surface area contributed by atoms with Gasteiger partial charge >= 0.3 is 5.97 Å². The summed E-state index contributed by atoms with van der Waals surface area (Å²) in [5.41, 5.74) is 0. The van der Waals surface area contributed by atoms with Crippen molar-refractivity contribution in [2.24, 2.45) is 0 Å². The van der Waals surface area contributed by atoms with E-state index in [0.717, 1.165) is 6.42 Å². The molecule has 0 aromatic rings. The molecule has 1 amide bonds. The Bertz CT molecular complexity index is 267. The summed E-state index contributed by atoms with van der Waals surface area (Å²) in [7, 11) is 0. The number of esters is 1. The van der Waals surface area contributed by atoms with Crippen LogP contribution < -0.4 is 0 Å². The molecule has 0 saturated heterocycles. The lowest BCUT2D eigenvalue weighted by molar-refractivity contribution is -0.152. The number of amides is 1. The van der Waals surface area contributed by atoms with Gasteiger partial charge in [-0.05, 0) is 13.3 Å². The molecular weight excluding hydrogens is 194 g/mol. The lowest BCUT2D eigenvalue weighted by Crippen LogP contribution is -2.36. The molecule has 0 saturated carbocycles. The molecule has 0 fully saturated rings. The predicted molar refractivity (Wildman–Crippen MR) is 56.9 cm³/mol. The lowest BCUT2D eigenvalue weighted by atomic mass is 10.3. The Hall–Kier alpha value is -1.50. The van der Waals surface area contributed by atoms with Gasteiger partial charge in [0.1, 0.15) is 6.54 Å². The van der Waals surface area contributed by atoms with Crippen LogP contribution in [0.2, 0.25) is 0 Å². The second-order valence-corrected chi connectivity index (χ2v) is 3.29. The molecule has 4 nitrogen and oxygen atoms in total. The highest BCUT2D eigenvalue weighted by Crippen LogP contribution is 1.98. The maximum atomic E-state index is 11.3. The predicted octanol–water partition coefficient (Wildman–Crippen LogP) is 0.810. The van der Waals surface area contributed by atoms with Crippen LogP contribution in [0.4, 0.5) is 0 Å². The first-order valence-corrected chi connectivity index (χ1v) is 4.89. The smallest absolute Gasteiger partial charge is 0.325 e. The summed E-state index contributed by atoms with van der Waals surface area (Å²) in [6.07, 6.45) is 5.70. The monoisotopic (exact) mass is 211 g/mol. The summed E-state index contributed by atoms with van der Waals surface area (Å²) in [6.45, 7) is 5.14. The van der Waals surface area contributed by atoms with Crippen molar-refractivity contribution in [3.63, 3.8) is 0 Å². The summed E-state index contributed by atoms with van der Waals surface area (Å²) >= 11 is 0. The fraction of sp³-hybridized carbons (Fsp3) is 0.636. The van der Waals surface area contributed by atoms with Crippen LogP contribution in [0.25, 0.3) is 0 Å². The number of nitrogens with zero attached hydrogens (tertiary/aromatic N) is 1. The topological polar surface area (TPSA) is 46.6 Å². The van der Waals surface area contributed by atoms with E-state index in [1.165, 1.54) is 11.8 Å². The number of carbonyl (C=O) groups excluding carboxylic acids is 2. The average Bonchev–Trinajstić information content (AvgIpc) is 2.16. The van der Waals surface area contributed by atoms with Crippen molar-refractivity contribution in [3.8, 4) is 12.3 Å². The quantitative estimate of drug-likeness (QED) is 0.499. The number of terminal acetylenes is 1. The van der Waals surface area contributed by atoms with Gasteiger partial charge in [0.05, 0.1) is 12.6 Å². The highest BCUT2D eigenvalue weighted by molar-refractivity contribution is 5.80. The molecule has 0 radical (unpaired) electrons. The Balaban J connectivity index is 4.12. The second-order valence-electron chi connectivity index (χ2n) is 3.29. The van der Waals surface area contributed by atoms with E-state index in [2.05, 4.69) is 5.92 Å². The first-order valence-electron chi connectivity index (χ1n) is 4.89. The van der Waals surface area contributed by atoms with Crippen LogP contribution >= 0.6 is 0 Å². The van der Waals surface area contributed by atoms with Gasteiger partial charge in [0.2, 0.25) is 5.91 Å². The van der Waals surface area contributed by atoms with E-state index in [9.17, 15) is 9.59 Å². The molecule has 1 unspecified atom stereocenters. The minimum Gasteiger partial charge on any atom is -0.461 e. The highest BCUT2D eigenvalue weighted by Gasteiger charge is 2.14. The third kappa shape index (κ3) is 5.74. The van der Waals surface area contributed by atoms with Crippen LogP contribution in [-0.4, -0.2) is 36.0 Å². The number of hydrogen-bond donors (Lipinski definition) is 0. The standard InChI is InChI=1S/C11H17NO3/c1-5-7-12(10(4)13)8-11(14)15-9(3)6-2/h1,9H,6-8H2,2-4H3. The first kappa shape index (κ1) is 13.5. The van der Waals surface area contributed by atoms with Gasteiger partial charge in [-0.25, -0.2) is 0 Å². The van der Waals surface area contributed by atoms with Gasteiger partial charge in [0, 0.05) is 6.92 Å². The van der Waals surface area contributed by atoms with E-state index in [-0.39, 0.29) is 25.1 Å². The van der Waals surface area contributed by atoms with Gasteiger partial charge in [0.15, 0.2) is 0 Å². The molecule has 84 valence electrons. The van der Waals surface area contributed by atoms with Gasteiger partial charge in [-0.2, -0.15) is 0 Å². The van der Waals surface area contributed by atoms with Gasteiger partial charge in [-0.3, -0.25) is 9.59 Å². The van der Waals surface area contributed by atoms with Crippen LogP contribution in [-0.2, 0) is 14.3 Å². The summed E-state index contributed by atoms with van der Waals surface area (Å²) < 4.78 is 5.03. The van der Waals surface area contributed by atoms with E-state index in [4.69, 9.17) is 11.2 Å². The Morgan fingerprint density at radius 2 is 2.13 bits per heavy atom. The second kappa shape index (κ2) is 6.88. The summed E-state index contributed by atoms with van der Waals surface area (Å²) in [5.74, 6) is 1.67. The van der Waals surface area contributed by atoms with Crippen LogP contribution in [0.1, 0.15) is 27.2 Å². The van der Waals surface area contributed by atoms with E-state index in [1.807, 2.05) is 6.92 Å². The molecule has 0 aromatic carbocycles. The third-order valence-electron chi connectivity index (χ3n) is 1.95. The molecule has 0 aliphatic heterocycles. The van der Waals surface area contributed by atoms with Crippen LogP contribution in [0.3, 0.4) is 0 Å². The minimum absolute atomic E-state index is 0.0795. The average molecular weight is 211 g/mol. The zero-order valence-electron chi connectivity index (χ0n) is 9.45. The fourth-order valence-corrected chi connectivity index (χ4v) is 0.890. The number of ether oxygens (including phenoxy) is 1. The van der Waals surface area contributed by atoms with Crippen molar-refractivity contribution in [2.75, 3.05) is 13.1 Å². The normalized spacial score (nSPS) is 11.3. The zero-order chi connectivity index (χ0) is 11.8. The van der Waals surface area contributed by atoms with Crippen molar-refractivity contribution in [1.29, 1.82) is 0 Å². The number of carbonyl (C=O) groups is 2. The molecule has 1 atom stereocenters. The highest BCUT2D eigenvalue weighted by atomic mass is 16.5. The molecule has 0 spiro atoms. The summed E-state index contributed by atoms with van der Waals surface area (Å²) in [6, 6.07) is 0. The Kier molecular flexibility index (Phi) is 6.19. The molecule has 0 bridgehead atoms. The molecule has 15 heavy (non-hydrogen) atoms. The Morgan fingerprint density at radius 1 is 1.53 bits per heavy atom. The minimum atomic E-state index is -0.421. The third-order valence-corrected chi connectivity index (χ3v) is 1.95. The Labute approximate surface area is 90.6 Å². The van der Waals surface area contributed by atoms with E-state index in [1.54, 1.807) is 6.92 Å². The molecule has 0 aromatic heterocycles. The molecule has 4 heteroatoms. The number of rotatable bonds is 5. The zero-order valence-corrected chi connectivity index (χ0v) is 9.45. The molecule has 0 heterocycles. The van der Waals surface area contributed by atoms with Crippen molar-refractivity contribution in [1.82, 2.24) is 4.90 Å². The summed E-state index contributed by atoms with van der Waals surface area (Å²) in [4.78, 5) is 23.6. The van der Waals surface area contributed by atoms with Crippen LogP contribution in [0.15, 0.2) is 0 Å². The van der Waals surface area contributed by atoms with E-state index < -0.39 is 5.97 Å². The molecule has 0 aliphatic carbocycles. The van der Waals surface area contributed by atoms with Crippen LogP contribution in [0.5, 0.6) is 0 Å². The molecule has 0 rings (SSSR count). The Morgan fingerprint density at radius 3 is 2.53 bits per heavy atom. The van der Waals surface area contributed by atoms with Crippen molar-refractivity contribution < 1.29 is 14.3 Å². The van der Waals surface area contributed by atoms with Gasteiger partial charge in [0.25, 0.3) is 0 Å². The van der Waals surface area contributed by atoms with E-state index in [0.29, 0.717) is 0 Å². The first-order chi connectivity index (χ1) is 7.01. The maximum absolute atomic E-state index is 11.3.